The molecule has 0 unspecified atom stereocenters. The Morgan fingerprint density at radius 3 is 2.35 bits per heavy atom. The molecule has 0 aliphatic carbocycles. The van der Waals surface area contributed by atoms with Crippen LogP contribution >= 0.6 is 0 Å². The smallest absolute Gasteiger partial charge is 0.0746 e. The third kappa shape index (κ3) is 9.83. The molecule has 1 nitrogen and oxygen atoms in total. The summed E-state index contributed by atoms with van der Waals surface area (Å²) in [6, 6.07) is 0. The predicted octanol–water partition coefficient (Wildman–Crippen LogP) is 5.13. The summed E-state index contributed by atoms with van der Waals surface area (Å²) in [5.41, 5.74) is 2.65. The van der Waals surface area contributed by atoms with E-state index in [1.54, 1.807) is 0 Å². The van der Waals surface area contributed by atoms with Crippen molar-refractivity contribution in [2.75, 3.05) is 13.2 Å². The summed E-state index contributed by atoms with van der Waals surface area (Å²) >= 11 is 0. The molecule has 0 amide bonds. The van der Waals surface area contributed by atoms with Gasteiger partial charge in [-0.3, -0.25) is 0 Å². The van der Waals surface area contributed by atoms with E-state index >= 15 is 0 Å². The Balaban J connectivity index is 3.93. The van der Waals surface area contributed by atoms with Crippen LogP contribution in [0.25, 0.3) is 0 Å². The van der Waals surface area contributed by atoms with Gasteiger partial charge in [-0.15, -0.1) is 18.9 Å². The molecule has 0 aliphatic heterocycles. The van der Waals surface area contributed by atoms with Crippen molar-refractivity contribution in [3.63, 3.8) is 0 Å². The molecule has 0 saturated carbocycles. The zero-order chi connectivity index (χ0) is 15.6. The van der Waals surface area contributed by atoms with Crippen LogP contribution in [-0.2, 0) is 4.74 Å². The fourth-order valence-electron chi connectivity index (χ4n) is 1.49. The lowest BCUT2D eigenvalue weighted by Gasteiger charge is -2.19. The van der Waals surface area contributed by atoms with E-state index in [1.807, 2.05) is 0 Å². The first-order chi connectivity index (χ1) is 9.27. The third-order valence-electron chi connectivity index (χ3n) is 3.27. The lowest BCUT2D eigenvalue weighted by atomic mass is 10.1. The van der Waals surface area contributed by atoms with Gasteiger partial charge in [0, 0.05) is 6.42 Å². The summed E-state index contributed by atoms with van der Waals surface area (Å²) in [5.74, 6) is 2.63. The van der Waals surface area contributed by atoms with Crippen molar-refractivity contribution in [1.29, 1.82) is 0 Å². The van der Waals surface area contributed by atoms with Crippen molar-refractivity contribution in [2.45, 2.75) is 52.8 Å². The van der Waals surface area contributed by atoms with Gasteiger partial charge in [0.05, 0.1) is 21.3 Å². The van der Waals surface area contributed by atoms with Gasteiger partial charge in [-0.2, -0.15) is 0 Å². The first-order valence-electron chi connectivity index (χ1n) is 7.28. The lowest BCUT2D eigenvalue weighted by molar-refractivity contribution is 0.183. The van der Waals surface area contributed by atoms with Crippen LogP contribution in [0, 0.1) is 12.3 Å². The number of rotatable bonds is 9. The van der Waals surface area contributed by atoms with Crippen LogP contribution in [0.1, 0.15) is 33.1 Å². The highest BCUT2D eigenvalue weighted by atomic mass is 28.3. The van der Waals surface area contributed by atoms with E-state index in [-0.39, 0.29) is 0 Å². The predicted molar refractivity (Wildman–Crippen MR) is 93.5 cm³/mol. The van der Waals surface area contributed by atoms with E-state index in [4.69, 9.17) is 11.2 Å². The van der Waals surface area contributed by atoms with Crippen molar-refractivity contribution < 1.29 is 4.74 Å². The van der Waals surface area contributed by atoms with Crippen molar-refractivity contribution in [2.24, 2.45) is 0 Å². The fraction of sp³-hybridized carbons (Fsp3) is 0.556. The van der Waals surface area contributed by atoms with E-state index < -0.39 is 8.07 Å². The largest absolute Gasteiger partial charge is 0.373 e. The Morgan fingerprint density at radius 1 is 1.15 bits per heavy atom. The van der Waals surface area contributed by atoms with Crippen molar-refractivity contribution in [3.05, 3.63) is 35.1 Å². The zero-order valence-electron chi connectivity index (χ0n) is 13.9. The molecule has 0 aromatic rings. The van der Waals surface area contributed by atoms with Crippen molar-refractivity contribution in [3.8, 4) is 12.3 Å². The molecule has 0 aromatic heterocycles. The Hall–Kier alpha value is -1.04. The summed E-state index contributed by atoms with van der Waals surface area (Å²) in [5, 5.41) is 1.28. The quantitative estimate of drug-likeness (QED) is 0.325. The normalized spacial score (nSPS) is 13.2. The van der Waals surface area contributed by atoms with Crippen LogP contribution in [0.15, 0.2) is 35.1 Å². The second kappa shape index (κ2) is 9.80. The molecule has 0 heterocycles. The van der Waals surface area contributed by atoms with Crippen LogP contribution in [0.5, 0.6) is 0 Å². The van der Waals surface area contributed by atoms with E-state index in [1.165, 1.54) is 16.3 Å². The highest BCUT2D eigenvalue weighted by Gasteiger charge is 2.17. The molecule has 0 saturated heterocycles. The van der Waals surface area contributed by atoms with Crippen LogP contribution in [0.2, 0.25) is 19.6 Å². The minimum Gasteiger partial charge on any atom is -0.373 e. The molecular formula is C18H30OSi. The summed E-state index contributed by atoms with van der Waals surface area (Å²) in [6.07, 6.45) is 12.5. The molecule has 0 atom stereocenters. The molecule has 0 spiro atoms. The summed E-state index contributed by atoms with van der Waals surface area (Å²) in [7, 11) is -1.25. The lowest BCUT2D eigenvalue weighted by Crippen LogP contribution is -2.26. The van der Waals surface area contributed by atoms with Gasteiger partial charge in [0.15, 0.2) is 0 Å². The maximum absolute atomic E-state index is 5.73. The first kappa shape index (κ1) is 19.0. The Bertz CT molecular complexity index is 402. The van der Waals surface area contributed by atoms with Crippen LogP contribution < -0.4 is 0 Å². The fourth-order valence-corrected chi connectivity index (χ4v) is 2.03. The minimum absolute atomic E-state index is 0.696. The summed E-state index contributed by atoms with van der Waals surface area (Å²) in [4.78, 5) is 0. The van der Waals surface area contributed by atoms with E-state index in [2.05, 4.69) is 58.1 Å². The van der Waals surface area contributed by atoms with E-state index in [0.29, 0.717) is 13.2 Å². The number of allylic oxidation sites excluding steroid dienone is 3. The molecule has 0 fully saturated rings. The van der Waals surface area contributed by atoms with Gasteiger partial charge in [-0.05, 0) is 26.7 Å². The minimum atomic E-state index is -1.25. The van der Waals surface area contributed by atoms with Gasteiger partial charge in [0.1, 0.15) is 0 Å². The van der Waals surface area contributed by atoms with E-state index in [9.17, 15) is 0 Å². The zero-order valence-corrected chi connectivity index (χ0v) is 14.9. The highest BCUT2D eigenvalue weighted by Crippen LogP contribution is 2.13. The first-order valence-corrected chi connectivity index (χ1v) is 10.8. The number of hydrogen-bond acceptors (Lipinski definition) is 1. The van der Waals surface area contributed by atoms with Gasteiger partial charge >= 0.3 is 0 Å². The highest BCUT2D eigenvalue weighted by molar-refractivity contribution is 6.83. The topological polar surface area (TPSA) is 9.23 Å². The van der Waals surface area contributed by atoms with Gasteiger partial charge in [0.2, 0.25) is 0 Å². The molecular weight excluding hydrogens is 260 g/mol. The number of terminal acetylenes is 1. The molecule has 0 radical (unpaired) electrons. The van der Waals surface area contributed by atoms with Gasteiger partial charge in [-0.25, -0.2) is 0 Å². The average Bonchev–Trinajstić information content (AvgIpc) is 2.35. The molecule has 112 valence electrons. The maximum Gasteiger partial charge on any atom is 0.0746 e. The van der Waals surface area contributed by atoms with Crippen molar-refractivity contribution in [1.82, 2.24) is 0 Å². The molecule has 0 rings (SSSR count). The van der Waals surface area contributed by atoms with E-state index in [0.717, 1.165) is 19.3 Å². The third-order valence-corrected chi connectivity index (χ3v) is 5.53. The SMILES string of the molecule is C#CC/C=C(\C)CC/C=C(\C)COCC(=C)[Si](C)(C)C. The van der Waals surface area contributed by atoms with Crippen LogP contribution in [0.3, 0.4) is 0 Å². The van der Waals surface area contributed by atoms with Gasteiger partial charge in [-0.1, -0.05) is 48.1 Å². The molecule has 0 N–H and O–H groups in total. The van der Waals surface area contributed by atoms with Gasteiger partial charge in [0.25, 0.3) is 0 Å². The Kier molecular flexibility index (Phi) is 9.29. The summed E-state index contributed by atoms with van der Waals surface area (Å²) < 4.78 is 5.73. The monoisotopic (exact) mass is 290 g/mol. The molecule has 2 heteroatoms. The Morgan fingerprint density at radius 2 is 1.80 bits per heavy atom. The maximum atomic E-state index is 5.73. The number of hydrogen-bond donors (Lipinski definition) is 0. The molecule has 0 bridgehead atoms. The van der Waals surface area contributed by atoms with Crippen LogP contribution in [-0.4, -0.2) is 21.3 Å². The van der Waals surface area contributed by atoms with Gasteiger partial charge < -0.3 is 4.74 Å². The second-order valence-corrected chi connectivity index (χ2v) is 11.6. The second-order valence-electron chi connectivity index (χ2n) is 6.39. The number of ether oxygens (including phenoxy) is 1. The Labute approximate surface area is 126 Å². The molecule has 0 aliphatic rings. The summed E-state index contributed by atoms with van der Waals surface area (Å²) in [6.45, 7) is 16.7. The van der Waals surface area contributed by atoms with Crippen LogP contribution in [0.4, 0.5) is 0 Å². The average molecular weight is 291 g/mol. The standard InChI is InChI=1S/C18H30OSi/c1-8-9-11-16(2)12-10-13-17(3)14-19-15-18(4)20(5,6)7/h1,11,13H,4,9-10,12,14-15H2,2-3,5-7H3/b16-11+,17-13+. The van der Waals surface area contributed by atoms with Crippen molar-refractivity contribution >= 4 is 8.07 Å². The molecule has 0 aromatic carbocycles. The molecule has 20 heavy (non-hydrogen) atoms.